The van der Waals surface area contributed by atoms with Crippen LogP contribution in [0.4, 0.5) is 5.69 Å². The Balaban J connectivity index is 2.19. The molecule has 0 unspecified atom stereocenters. The molecule has 104 valence electrons. The third-order valence-electron chi connectivity index (χ3n) is 4.11. The first-order valence-electron chi connectivity index (χ1n) is 7.26. The number of nitrogens with one attached hydrogen (secondary N) is 1. The quantitative estimate of drug-likeness (QED) is 0.899. The molecule has 0 aliphatic heterocycles. The van der Waals surface area contributed by atoms with Gasteiger partial charge in [0.1, 0.15) is 0 Å². The summed E-state index contributed by atoms with van der Waals surface area (Å²) in [6, 6.07) is 6.36. The number of carbonyl (C=O) groups excluding carboxylic acids is 1. The minimum atomic E-state index is 0.181. The van der Waals surface area contributed by atoms with E-state index in [1.165, 1.54) is 12.8 Å². The van der Waals surface area contributed by atoms with Gasteiger partial charge in [0.15, 0.2) is 0 Å². The largest absolute Gasteiger partial charge is 0.388 e. The fraction of sp³-hybridized carbons (Fsp3) is 0.562. The highest BCUT2D eigenvalue weighted by Crippen LogP contribution is 2.25. The van der Waals surface area contributed by atoms with Gasteiger partial charge in [0.25, 0.3) is 5.91 Å². The van der Waals surface area contributed by atoms with E-state index >= 15 is 0 Å². The molecule has 3 nitrogen and oxygen atoms in total. The van der Waals surface area contributed by atoms with E-state index in [4.69, 9.17) is 0 Å². The number of amides is 1. The van der Waals surface area contributed by atoms with E-state index in [2.05, 4.69) is 12.2 Å². The monoisotopic (exact) mass is 260 g/mol. The van der Waals surface area contributed by atoms with Crippen LogP contribution >= 0.6 is 0 Å². The van der Waals surface area contributed by atoms with E-state index in [9.17, 15) is 4.79 Å². The highest BCUT2D eigenvalue weighted by atomic mass is 16.2. The lowest BCUT2D eigenvalue weighted by atomic mass is 10.1. The Morgan fingerprint density at radius 2 is 2.05 bits per heavy atom. The van der Waals surface area contributed by atoms with Crippen molar-refractivity contribution in [3.8, 4) is 0 Å². The number of aryl methyl sites for hydroxylation is 1. The van der Waals surface area contributed by atoms with Gasteiger partial charge >= 0.3 is 0 Å². The number of carbonyl (C=O) groups is 1. The average molecular weight is 260 g/mol. The van der Waals surface area contributed by atoms with Crippen molar-refractivity contribution in [2.75, 3.05) is 18.9 Å². The molecule has 0 heterocycles. The molecule has 0 bridgehead atoms. The van der Waals surface area contributed by atoms with Crippen LogP contribution in [0.25, 0.3) is 0 Å². The maximum Gasteiger partial charge on any atom is 0.254 e. The van der Waals surface area contributed by atoms with Gasteiger partial charge in [-0.1, -0.05) is 12.8 Å². The SMILES string of the molecule is CCN(C(=O)c1ccc(NC)c(C)c1)C1CCCC1. The number of benzene rings is 1. The van der Waals surface area contributed by atoms with Gasteiger partial charge in [0.2, 0.25) is 0 Å². The van der Waals surface area contributed by atoms with Gasteiger partial charge in [-0.15, -0.1) is 0 Å². The fourth-order valence-electron chi connectivity index (χ4n) is 3.03. The summed E-state index contributed by atoms with van der Waals surface area (Å²) >= 11 is 0. The van der Waals surface area contributed by atoms with Crippen molar-refractivity contribution in [2.45, 2.75) is 45.6 Å². The molecule has 2 rings (SSSR count). The van der Waals surface area contributed by atoms with Crippen molar-refractivity contribution in [3.05, 3.63) is 29.3 Å². The predicted molar refractivity (Wildman–Crippen MR) is 79.7 cm³/mol. The molecule has 1 N–H and O–H groups in total. The lowest BCUT2D eigenvalue weighted by Gasteiger charge is -2.28. The minimum absolute atomic E-state index is 0.181. The van der Waals surface area contributed by atoms with Gasteiger partial charge in [-0.25, -0.2) is 0 Å². The number of nitrogens with zero attached hydrogens (tertiary/aromatic N) is 1. The molecule has 0 atom stereocenters. The van der Waals surface area contributed by atoms with Crippen LogP contribution in [0.2, 0.25) is 0 Å². The van der Waals surface area contributed by atoms with Crippen LogP contribution in [0.5, 0.6) is 0 Å². The summed E-state index contributed by atoms with van der Waals surface area (Å²) in [5.41, 5.74) is 3.02. The summed E-state index contributed by atoms with van der Waals surface area (Å²) < 4.78 is 0. The van der Waals surface area contributed by atoms with Crippen LogP contribution in [0, 0.1) is 6.92 Å². The van der Waals surface area contributed by atoms with Gasteiger partial charge in [0, 0.05) is 30.9 Å². The second-order valence-corrected chi connectivity index (χ2v) is 5.31. The first kappa shape index (κ1) is 13.9. The van der Waals surface area contributed by atoms with Crippen LogP contribution in [0.3, 0.4) is 0 Å². The van der Waals surface area contributed by atoms with Crippen LogP contribution in [0.1, 0.15) is 48.5 Å². The van der Waals surface area contributed by atoms with Crippen molar-refractivity contribution in [2.24, 2.45) is 0 Å². The summed E-state index contributed by atoms with van der Waals surface area (Å²) in [6.45, 7) is 4.91. The molecular weight excluding hydrogens is 236 g/mol. The molecule has 19 heavy (non-hydrogen) atoms. The Kier molecular flexibility index (Phi) is 4.46. The summed E-state index contributed by atoms with van der Waals surface area (Å²) in [4.78, 5) is 14.7. The van der Waals surface area contributed by atoms with Gasteiger partial charge in [-0.2, -0.15) is 0 Å². The maximum atomic E-state index is 12.6. The third kappa shape index (κ3) is 2.91. The molecule has 3 heteroatoms. The number of anilines is 1. The minimum Gasteiger partial charge on any atom is -0.388 e. The standard InChI is InChI=1S/C16H24N2O/c1-4-18(14-7-5-6-8-14)16(19)13-9-10-15(17-3)12(2)11-13/h9-11,14,17H,4-8H2,1-3H3. The highest BCUT2D eigenvalue weighted by molar-refractivity contribution is 5.95. The van der Waals surface area contributed by atoms with Crippen molar-refractivity contribution < 1.29 is 4.79 Å². The van der Waals surface area contributed by atoms with E-state index in [1.807, 2.05) is 37.1 Å². The Morgan fingerprint density at radius 3 is 2.58 bits per heavy atom. The zero-order valence-corrected chi connectivity index (χ0v) is 12.2. The molecule has 1 aliphatic carbocycles. The van der Waals surface area contributed by atoms with E-state index in [0.29, 0.717) is 6.04 Å². The lowest BCUT2D eigenvalue weighted by Crippen LogP contribution is -2.38. The topological polar surface area (TPSA) is 32.3 Å². The first-order chi connectivity index (χ1) is 9.17. The molecule has 1 fully saturated rings. The molecule has 1 amide bonds. The smallest absolute Gasteiger partial charge is 0.254 e. The van der Waals surface area contributed by atoms with Crippen LogP contribution < -0.4 is 5.32 Å². The molecule has 1 aromatic rings. The van der Waals surface area contributed by atoms with Crippen LogP contribution in [-0.2, 0) is 0 Å². The summed E-state index contributed by atoms with van der Waals surface area (Å²) in [7, 11) is 1.90. The molecule has 0 aromatic heterocycles. The fourth-order valence-corrected chi connectivity index (χ4v) is 3.03. The zero-order valence-electron chi connectivity index (χ0n) is 12.2. The molecule has 0 saturated heterocycles. The van der Waals surface area contributed by atoms with E-state index in [-0.39, 0.29) is 5.91 Å². The summed E-state index contributed by atoms with van der Waals surface area (Å²) in [5.74, 6) is 0.181. The normalized spacial score (nSPS) is 15.5. The Hall–Kier alpha value is -1.51. The maximum absolute atomic E-state index is 12.6. The second-order valence-electron chi connectivity index (χ2n) is 5.31. The third-order valence-corrected chi connectivity index (χ3v) is 4.11. The first-order valence-corrected chi connectivity index (χ1v) is 7.26. The van der Waals surface area contributed by atoms with E-state index in [0.717, 1.165) is 36.2 Å². The summed E-state index contributed by atoms with van der Waals surface area (Å²) in [5, 5.41) is 3.13. The Labute approximate surface area is 116 Å². The second kappa shape index (κ2) is 6.09. The average Bonchev–Trinajstić information content (AvgIpc) is 2.93. The number of rotatable bonds is 4. The van der Waals surface area contributed by atoms with Gasteiger partial charge < -0.3 is 10.2 Å². The molecular formula is C16H24N2O. The predicted octanol–water partition coefficient (Wildman–Crippen LogP) is 3.44. The van der Waals surface area contributed by atoms with Crippen LogP contribution in [0.15, 0.2) is 18.2 Å². The van der Waals surface area contributed by atoms with E-state index < -0.39 is 0 Å². The van der Waals surface area contributed by atoms with Crippen molar-refractivity contribution in [1.29, 1.82) is 0 Å². The van der Waals surface area contributed by atoms with Gasteiger partial charge in [-0.3, -0.25) is 4.79 Å². The zero-order chi connectivity index (χ0) is 13.8. The molecule has 0 radical (unpaired) electrons. The van der Waals surface area contributed by atoms with Crippen LogP contribution in [-0.4, -0.2) is 30.4 Å². The Bertz CT molecular complexity index is 450. The Morgan fingerprint density at radius 1 is 1.37 bits per heavy atom. The molecule has 1 aliphatic rings. The number of hydrogen-bond donors (Lipinski definition) is 1. The molecule has 1 saturated carbocycles. The molecule has 1 aromatic carbocycles. The lowest BCUT2D eigenvalue weighted by molar-refractivity contribution is 0.0693. The molecule has 0 spiro atoms. The van der Waals surface area contributed by atoms with Crippen molar-refractivity contribution in [3.63, 3.8) is 0 Å². The van der Waals surface area contributed by atoms with Gasteiger partial charge in [0.05, 0.1) is 0 Å². The van der Waals surface area contributed by atoms with E-state index in [1.54, 1.807) is 0 Å². The summed E-state index contributed by atoms with van der Waals surface area (Å²) in [6.07, 6.45) is 4.83. The van der Waals surface area contributed by atoms with Crippen molar-refractivity contribution in [1.82, 2.24) is 4.90 Å². The number of hydrogen-bond acceptors (Lipinski definition) is 2. The van der Waals surface area contributed by atoms with Crippen molar-refractivity contribution >= 4 is 11.6 Å². The highest BCUT2D eigenvalue weighted by Gasteiger charge is 2.26. The van der Waals surface area contributed by atoms with Gasteiger partial charge in [-0.05, 0) is 50.5 Å².